The van der Waals surface area contributed by atoms with E-state index in [1.54, 1.807) is 12.3 Å². The van der Waals surface area contributed by atoms with Crippen LogP contribution in [0.5, 0.6) is 0 Å². The van der Waals surface area contributed by atoms with Gasteiger partial charge in [-0.05, 0) is 36.5 Å². The fourth-order valence-electron chi connectivity index (χ4n) is 3.69. The van der Waals surface area contributed by atoms with Crippen molar-refractivity contribution in [1.29, 1.82) is 0 Å². The lowest BCUT2D eigenvalue weighted by molar-refractivity contribution is -0.364. The van der Waals surface area contributed by atoms with Gasteiger partial charge in [-0.15, -0.1) is 0 Å². The van der Waals surface area contributed by atoms with Crippen molar-refractivity contribution in [3.63, 3.8) is 0 Å². The summed E-state index contributed by atoms with van der Waals surface area (Å²) in [6.45, 7) is 1.70. The lowest BCUT2D eigenvalue weighted by Crippen LogP contribution is -2.40. The summed E-state index contributed by atoms with van der Waals surface area (Å²) in [5, 5.41) is 3.51. The predicted molar refractivity (Wildman–Crippen MR) is 98.3 cm³/mol. The second kappa shape index (κ2) is 7.34. The van der Waals surface area contributed by atoms with Crippen LogP contribution in [-0.4, -0.2) is 39.0 Å². The fraction of sp³-hybridized carbons (Fsp3) is 0.421. The Morgan fingerprint density at radius 2 is 1.92 bits per heavy atom. The molecule has 4 rings (SSSR count). The highest BCUT2D eigenvalue weighted by Crippen LogP contribution is 2.31. The molecule has 138 valence electrons. The molecule has 0 saturated carbocycles. The molecule has 2 aliphatic rings. The number of sulfonamides is 1. The van der Waals surface area contributed by atoms with Crippen LogP contribution in [0.2, 0.25) is 0 Å². The number of hydrogen-bond donors (Lipinski definition) is 1. The Hall–Kier alpha value is -1.96. The summed E-state index contributed by atoms with van der Waals surface area (Å²) in [5.74, 6) is 0.827. The van der Waals surface area contributed by atoms with Gasteiger partial charge >= 0.3 is 0 Å². The number of ether oxygens (including phenoxy) is 1. The molecule has 1 fully saturated rings. The molecule has 6 nitrogen and oxygen atoms in total. The van der Waals surface area contributed by atoms with Gasteiger partial charge in [-0.1, -0.05) is 24.3 Å². The third-order valence-corrected chi connectivity index (χ3v) is 6.99. The number of H-pyrrole nitrogens is 1. The van der Waals surface area contributed by atoms with E-state index in [9.17, 15) is 8.42 Å². The molecule has 1 aromatic heterocycles. The maximum atomic E-state index is 12.7. The van der Waals surface area contributed by atoms with Crippen molar-refractivity contribution < 1.29 is 18.1 Å². The molecule has 7 heteroatoms. The smallest absolute Gasteiger partial charge is 0.272 e. The van der Waals surface area contributed by atoms with E-state index in [0.29, 0.717) is 26.3 Å². The van der Waals surface area contributed by atoms with Gasteiger partial charge in [0.2, 0.25) is 10.0 Å². The van der Waals surface area contributed by atoms with Crippen LogP contribution in [0, 0.1) is 0 Å². The van der Waals surface area contributed by atoms with Crippen molar-refractivity contribution >= 4 is 15.8 Å². The first kappa shape index (κ1) is 17.5. The summed E-state index contributed by atoms with van der Waals surface area (Å²) in [4.78, 5) is 3.40. The van der Waals surface area contributed by atoms with E-state index < -0.39 is 10.0 Å². The standard InChI is InChI=1S/C19H23N3O3S/c23-26(24,22-10-12-25-13-11-22)16-8-9-19(20-14-16)21-18-7-3-5-15-4-1-2-6-17(15)18/h1-2,4,6,8-9,14,18H,3,5,7,10-13H2,(H,20,21)/p+1/t18-/m0/s1. The van der Waals surface area contributed by atoms with Crippen LogP contribution in [0.25, 0.3) is 0 Å². The van der Waals surface area contributed by atoms with Crippen molar-refractivity contribution in [2.45, 2.75) is 30.2 Å². The summed E-state index contributed by atoms with van der Waals surface area (Å²) in [6.07, 6.45) is 4.91. The molecular formula is C19H24N3O3S+. The highest BCUT2D eigenvalue weighted by Gasteiger charge is 2.28. The molecule has 1 saturated heterocycles. The second-order valence-electron chi connectivity index (χ2n) is 6.74. The van der Waals surface area contributed by atoms with Crippen molar-refractivity contribution in [3.8, 4) is 0 Å². The molecule has 1 aliphatic heterocycles. The summed E-state index contributed by atoms with van der Waals surface area (Å²) in [6, 6.07) is 12.2. The Kier molecular flexibility index (Phi) is 4.93. The number of pyridine rings is 1. The second-order valence-corrected chi connectivity index (χ2v) is 8.68. The monoisotopic (exact) mass is 374 g/mol. The minimum absolute atomic E-state index is 0.248. The molecule has 1 aromatic carbocycles. The Balaban J connectivity index is 1.50. The molecule has 0 unspecified atom stereocenters. The number of aromatic amines is 1. The lowest BCUT2D eigenvalue weighted by Gasteiger charge is -2.25. The van der Waals surface area contributed by atoms with Gasteiger partial charge in [0.1, 0.15) is 17.1 Å². The molecule has 0 radical (unpaired) electrons. The minimum atomic E-state index is -3.47. The number of rotatable bonds is 4. The molecule has 1 atom stereocenters. The Morgan fingerprint density at radius 1 is 1.12 bits per heavy atom. The normalized spacial score (nSPS) is 21.2. The number of morpholine rings is 1. The number of nitrogens with zero attached hydrogens (tertiary/aromatic N) is 1. The van der Waals surface area contributed by atoms with Crippen LogP contribution in [0.1, 0.15) is 30.0 Å². The van der Waals surface area contributed by atoms with Crippen LogP contribution < -0.4 is 10.3 Å². The third-order valence-electron chi connectivity index (χ3n) is 5.09. The van der Waals surface area contributed by atoms with Crippen LogP contribution in [0.4, 0.5) is 5.82 Å². The quantitative estimate of drug-likeness (QED) is 0.889. The van der Waals surface area contributed by atoms with Gasteiger partial charge in [0.05, 0.1) is 13.2 Å². The summed E-state index contributed by atoms with van der Waals surface area (Å²) < 4.78 is 32.1. The number of hydrogen-bond acceptors (Lipinski definition) is 4. The number of aryl methyl sites for hydroxylation is 1. The van der Waals surface area contributed by atoms with Crippen molar-refractivity contribution in [2.75, 3.05) is 31.6 Å². The molecule has 2 N–H and O–H groups in total. The van der Waals surface area contributed by atoms with E-state index in [2.05, 4.69) is 34.6 Å². The van der Waals surface area contributed by atoms with E-state index >= 15 is 0 Å². The average Bonchev–Trinajstić information content (AvgIpc) is 2.69. The molecule has 0 spiro atoms. The zero-order valence-electron chi connectivity index (χ0n) is 14.6. The minimum Gasteiger partial charge on any atom is -0.379 e. The van der Waals surface area contributed by atoms with Crippen molar-refractivity contribution in [1.82, 2.24) is 4.31 Å². The largest absolute Gasteiger partial charge is 0.379 e. The number of anilines is 1. The van der Waals surface area contributed by atoms with Gasteiger partial charge in [0, 0.05) is 19.2 Å². The van der Waals surface area contributed by atoms with Gasteiger partial charge in [0.15, 0.2) is 0 Å². The summed E-state index contributed by atoms with van der Waals surface area (Å²) in [7, 11) is -3.47. The fourth-order valence-corrected chi connectivity index (χ4v) is 5.06. The van der Waals surface area contributed by atoms with Gasteiger partial charge in [-0.25, -0.2) is 13.4 Å². The topological polar surface area (TPSA) is 72.8 Å². The van der Waals surface area contributed by atoms with E-state index in [-0.39, 0.29) is 10.9 Å². The SMILES string of the molecule is O=S(=O)(c1ccc(N[C@H]2CCCc3ccccc32)[nH+]c1)N1CCOCC1. The van der Waals surface area contributed by atoms with Crippen LogP contribution in [0.15, 0.2) is 47.5 Å². The van der Waals surface area contributed by atoms with Crippen LogP contribution in [0.3, 0.4) is 0 Å². The van der Waals surface area contributed by atoms with E-state index in [1.807, 2.05) is 6.07 Å². The maximum Gasteiger partial charge on any atom is 0.272 e. The zero-order chi connectivity index (χ0) is 18.0. The first-order valence-electron chi connectivity index (χ1n) is 9.08. The molecule has 2 aromatic rings. The Labute approximate surface area is 154 Å². The first-order chi connectivity index (χ1) is 12.6. The predicted octanol–water partition coefficient (Wildman–Crippen LogP) is 2.01. The van der Waals surface area contributed by atoms with Gasteiger partial charge in [-0.2, -0.15) is 4.31 Å². The molecular weight excluding hydrogens is 350 g/mol. The van der Waals surface area contributed by atoms with Gasteiger partial charge < -0.3 is 4.74 Å². The number of benzene rings is 1. The first-order valence-corrected chi connectivity index (χ1v) is 10.5. The number of nitrogens with one attached hydrogen (secondary N) is 2. The molecule has 26 heavy (non-hydrogen) atoms. The van der Waals surface area contributed by atoms with E-state index in [1.165, 1.54) is 15.4 Å². The summed E-state index contributed by atoms with van der Waals surface area (Å²) in [5.41, 5.74) is 2.72. The highest BCUT2D eigenvalue weighted by molar-refractivity contribution is 7.89. The molecule has 0 amide bonds. The highest BCUT2D eigenvalue weighted by atomic mass is 32.2. The van der Waals surface area contributed by atoms with E-state index in [0.717, 1.165) is 25.1 Å². The third kappa shape index (κ3) is 3.47. The number of aromatic nitrogens is 1. The maximum absolute atomic E-state index is 12.7. The zero-order valence-corrected chi connectivity index (χ0v) is 15.5. The molecule has 0 bridgehead atoms. The lowest BCUT2D eigenvalue weighted by atomic mass is 9.88. The van der Waals surface area contributed by atoms with Gasteiger partial charge in [0.25, 0.3) is 5.82 Å². The number of fused-ring (bicyclic) bond motifs is 1. The average molecular weight is 374 g/mol. The van der Waals surface area contributed by atoms with Crippen LogP contribution >= 0.6 is 0 Å². The summed E-state index contributed by atoms with van der Waals surface area (Å²) >= 11 is 0. The molecule has 2 heterocycles. The molecule has 1 aliphatic carbocycles. The van der Waals surface area contributed by atoms with Crippen molar-refractivity contribution in [3.05, 3.63) is 53.7 Å². The van der Waals surface area contributed by atoms with Gasteiger partial charge in [-0.3, -0.25) is 5.32 Å². The van der Waals surface area contributed by atoms with E-state index in [4.69, 9.17) is 4.74 Å². The van der Waals surface area contributed by atoms with Crippen molar-refractivity contribution in [2.24, 2.45) is 0 Å². The Bertz CT molecular complexity index is 862. The van der Waals surface area contributed by atoms with Crippen LogP contribution in [-0.2, 0) is 21.2 Å². The Morgan fingerprint density at radius 3 is 2.69 bits per heavy atom.